The van der Waals surface area contributed by atoms with Crippen molar-refractivity contribution in [1.29, 1.82) is 0 Å². The summed E-state index contributed by atoms with van der Waals surface area (Å²) in [4.78, 5) is 38.7. The van der Waals surface area contributed by atoms with Crippen LogP contribution in [-0.2, 0) is 4.74 Å². The second-order valence-electron chi connectivity index (χ2n) is 10.4. The zero-order valence-electron chi connectivity index (χ0n) is 21.5. The average Bonchev–Trinajstić information content (AvgIpc) is 2.83. The molecular weight excluding hydrogens is 492 g/mol. The van der Waals surface area contributed by atoms with Crippen LogP contribution in [0.15, 0.2) is 51.9 Å². The predicted molar refractivity (Wildman–Crippen MR) is 145 cm³/mol. The molecule has 8 nitrogen and oxygen atoms in total. The van der Waals surface area contributed by atoms with E-state index in [1.807, 2.05) is 46.8 Å². The zero-order chi connectivity index (χ0) is 26.5. The number of nitrogens with zero attached hydrogens (tertiary/aromatic N) is 4. The molecule has 1 atom stereocenters. The van der Waals surface area contributed by atoms with Crippen molar-refractivity contribution >= 4 is 45.6 Å². The first-order chi connectivity index (χ1) is 17.5. The summed E-state index contributed by atoms with van der Waals surface area (Å²) in [6, 6.07) is 9.05. The maximum atomic E-state index is 13.2. The van der Waals surface area contributed by atoms with E-state index in [-0.39, 0.29) is 23.1 Å². The van der Waals surface area contributed by atoms with Gasteiger partial charge >= 0.3 is 6.09 Å². The van der Waals surface area contributed by atoms with Crippen molar-refractivity contribution in [2.75, 3.05) is 24.5 Å². The molecule has 0 unspecified atom stereocenters. The first-order valence-electron chi connectivity index (χ1n) is 12.2. The lowest BCUT2D eigenvalue weighted by Crippen LogP contribution is -2.55. The molecule has 1 saturated heterocycles. The number of carbonyl (C=O) groups is 1. The van der Waals surface area contributed by atoms with Gasteiger partial charge in [-0.1, -0.05) is 17.7 Å². The Morgan fingerprint density at radius 1 is 1.14 bits per heavy atom. The molecule has 1 aliphatic rings. The summed E-state index contributed by atoms with van der Waals surface area (Å²) in [6.45, 7) is 11.4. The molecule has 1 aliphatic heterocycles. The lowest BCUT2D eigenvalue weighted by Gasteiger charge is -2.40. The number of fused-ring (bicyclic) bond motifs is 2. The number of piperazine rings is 1. The van der Waals surface area contributed by atoms with Crippen molar-refractivity contribution in [3.05, 3.63) is 63.5 Å². The highest BCUT2D eigenvalue weighted by Gasteiger charge is 2.31. The molecule has 0 radical (unpaired) electrons. The number of carbonyl (C=O) groups excluding carboxylic acids is 1. The van der Waals surface area contributed by atoms with Gasteiger partial charge in [0.25, 0.3) is 0 Å². The Bertz CT molecular complexity index is 1560. The fraction of sp³-hybridized carbons (Fsp3) is 0.357. The standard InChI is InChI=1S/C28H29ClN4O4/c1-16-13-31-24-25(34)23-19(29)7-6-8-20(23)36-26(24)22(16)18-9-10-21(30-14-18)32-11-12-33(17(2)15-32)27(35)37-28(3,4)5/h6-10,13-14,17H,11-12,15H2,1-5H3/t17-/m0/s1. The topological polar surface area (TPSA) is 88.8 Å². The molecule has 37 heavy (non-hydrogen) atoms. The van der Waals surface area contributed by atoms with Crippen LogP contribution in [0, 0.1) is 6.92 Å². The van der Waals surface area contributed by atoms with Gasteiger partial charge in [-0.2, -0.15) is 0 Å². The van der Waals surface area contributed by atoms with E-state index in [9.17, 15) is 9.59 Å². The third-order valence-electron chi connectivity index (χ3n) is 6.47. The van der Waals surface area contributed by atoms with E-state index in [2.05, 4.69) is 9.88 Å². The van der Waals surface area contributed by atoms with Crippen molar-refractivity contribution in [2.45, 2.75) is 46.3 Å². The molecule has 1 amide bonds. The predicted octanol–water partition coefficient (Wildman–Crippen LogP) is 5.81. The van der Waals surface area contributed by atoms with Crippen molar-refractivity contribution in [1.82, 2.24) is 14.9 Å². The number of benzene rings is 1. The first-order valence-corrected chi connectivity index (χ1v) is 12.6. The van der Waals surface area contributed by atoms with E-state index in [0.717, 1.165) is 22.5 Å². The fourth-order valence-corrected chi connectivity index (χ4v) is 4.97. The summed E-state index contributed by atoms with van der Waals surface area (Å²) in [5, 5.41) is 0.663. The van der Waals surface area contributed by atoms with Crippen molar-refractivity contribution in [2.24, 2.45) is 0 Å². The number of pyridine rings is 2. The molecule has 3 aromatic heterocycles. The number of amides is 1. The number of halogens is 1. The minimum Gasteiger partial charge on any atom is -0.453 e. The van der Waals surface area contributed by atoms with Gasteiger partial charge in [0.05, 0.1) is 10.4 Å². The van der Waals surface area contributed by atoms with Gasteiger partial charge in [-0.05, 0) is 64.4 Å². The maximum Gasteiger partial charge on any atom is 0.410 e. The Kier molecular flexibility index (Phi) is 6.31. The molecular formula is C28H29ClN4O4. The molecule has 5 rings (SSSR count). The monoisotopic (exact) mass is 520 g/mol. The molecule has 4 heterocycles. The number of hydrogen-bond acceptors (Lipinski definition) is 7. The highest BCUT2D eigenvalue weighted by atomic mass is 35.5. The lowest BCUT2D eigenvalue weighted by molar-refractivity contribution is 0.0158. The Balaban J connectivity index is 1.44. The second-order valence-corrected chi connectivity index (χ2v) is 10.8. The number of ether oxygens (including phenoxy) is 1. The molecule has 0 bridgehead atoms. The summed E-state index contributed by atoms with van der Waals surface area (Å²) >= 11 is 6.28. The summed E-state index contributed by atoms with van der Waals surface area (Å²) in [6.07, 6.45) is 3.16. The molecule has 1 fully saturated rings. The molecule has 4 aromatic rings. The number of rotatable bonds is 2. The third kappa shape index (κ3) is 4.73. The molecule has 0 aliphatic carbocycles. The molecule has 0 spiro atoms. The van der Waals surface area contributed by atoms with E-state index in [1.165, 1.54) is 0 Å². The minimum absolute atomic E-state index is 0.0224. The molecule has 192 valence electrons. The number of aromatic nitrogens is 2. The molecule has 0 N–H and O–H groups in total. The lowest BCUT2D eigenvalue weighted by atomic mass is 10.0. The summed E-state index contributed by atoms with van der Waals surface area (Å²) in [5.41, 5.74) is 2.73. The van der Waals surface area contributed by atoms with Crippen molar-refractivity contribution in [3.8, 4) is 11.1 Å². The van der Waals surface area contributed by atoms with Gasteiger partial charge < -0.3 is 19.0 Å². The molecule has 9 heteroatoms. The number of anilines is 1. The fourth-order valence-electron chi connectivity index (χ4n) is 4.72. The van der Waals surface area contributed by atoms with Crippen molar-refractivity contribution in [3.63, 3.8) is 0 Å². The van der Waals surface area contributed by atoms with Crippen LogP contribution in [0.3, 0.4) is 0 Å². The van der Waals surface area contributed by atoms with E-state index in [4.69, 9.17) is 25.7 Å². The van der Waals surface area contributed by atoms with Crippen LogP contribution in [0.4, 0.5) is 10.6 Å². The largest absolute Gasteiger partial charge is 0.453 e. The van der Waals surface area contributed by atoms with Gasteiger partial charge in [0.2, 0.25) is 5.43 Å². The zero-order valence-corrected chi connectivity index (χ0v) is 22.3. The van der Waals surface area contributed by atoms with Gasteiger partial charge in [0.15, 0.2) is 11.1 Å². The smallest absolute Gasteiger partial charge is 0.410 e. The average molecular weight is 521 g/mol. The van der Waals surface area contributed by atoms with Crippen LogP contribution in [0.25, 0.3) is 33.2 Å². The normalized spacial score (nSPS) is 16.4. The summed E-state index contributed by atoms with van der Waals surface area (Å²) in [5.74, 6) is 0.814. The third-order valence-corrected chi connectivity index (χ3v) is 6.78. The van der Waals surface area contributed by atoms with Gasteiger partial charge in [0, 0.05) is 49.2 Å². The highest BCUT2D eigenvalue weighted by Crippen LogP contribution is 2.33. The van der Waals surface area contributed by atoms with Crippen LogP contribution < -0.4 is 10.3 Å². The van der Waals surface area contributed by atoms with Gasteiger partial charge in [-0.15, -0.1) is 0 Å². The molecule has 1 aromatic carbocycles. The van der Waals surface area contributed by atoms with E-state index in [1.54, 1.807) is 35.5 Å². The van der Waals surface area contributed by atoms with Crippen LogP contribution in [0.2, 0.25) is 5.02 Å². The second kappa shape index (κ2) is 9.34. The molecule has 0 saturated carbocycles. The van der Waals surface area contributed by atoms with Gasteiger partial charge in [-0.25, -0.2) is 14.8 Å². The van der Waals surface area contributed by atoms with Crippen LogP contribution >= 0.6 is 11.6 Å². The maximum absolute atomic E-state index is 13.2. The Morgan fingerprint density at radius 3 is 2.59 bits per heavy atom. The first kappa shape index (κ1) is 25.0. The van der Waals surface area contributed by atoms with Crippen LogP contribution in [-0.4, -0.2) is 52.2 Å². The van der Waals surface area contributed by atoms with Crippen LogP contribution in [0.1, 0.15) is 33.3 Å². The minimum atomic E-state index is -0.529. The SMILES string of the molecule is Cc1cnc2c(=O)c3c(Cl)cccc3oc2c1-c1ccc(N2CCN(C(=O)OC(C)(C)C)[C@@H](C)C2)nc1. The van der Waals surface area contributed by atoms with E-state index < -0.39 is 5.60 Å². The van der Waals surface area contributed by atoms with E-state index >= 15 is 0 Å². The Morgan fingerprint density at radius 2 is 1.92 bits per heavy atom. The van der Waals surface area contributed by atoms with E-state index in [0.29, 0.717) is 41.2 Å². The van der Waals surface area contributed by atoms with Crippen molar-refractivity contribution < 1.29 is 13.9 Å². The number of aryl methyl sites for hydroxylation is 1. The van der Waals surface area contributed by atoms with Gasteiger partial charge in [0.1, 0.15) is 17.0 Å². The van der Waals surface area contributed by atoms with Crippen LogP contribution in [0.5, 0.6) is 0 Å². The number of hydrogen-bond donors (Lipinski definition) is 0. The Labute approximate surface area is 219 Å². The summed E-state index contributed by atoms with van der Waals surface area (Å²) in [7, 11) is 0. The highest BCUT2D eigenvalue weighted by molar-refractivity contribution is 6.35. The van der Waals surface area contributed by atoms with Gasteiger partial charge in [-0.3, -0.25) is 4.79 Å². The summed E-state index contributed by atoms with van der Waals surface area (Å²) < 4.78 is 11.7. The quantitative estimate of drug-likeness (QED) is 0.308. The Hall–Kier alpha value is -3.65.